The fraction of sp³-hybridized carbons (Fsp3) is 0.571. The van der Waals surface area contributed by atoms with Gasteiger partial charge in [0.25, 0.3) is 0 Å². The van der Waals surface area contributed by atoms with Crippen LogP contribution < -0.4 is 10.2 Å². The standard InChI is InChI=1S/C14H20BF3NO/c1-19-10-3-2-4-13(19)9-11-20-14-7-5-12(6-8-14)15(16,17)18/h5-8,13H,2-4,9-11H2,1H3/q-1. The van der Waals surface area contributed by atoms with Gasteiger partial charge in [-0.25, -0.2) is 0 Å². The largest absolute Gasteiger partial charge is 0.509 e. The van der Waals surface area contributed by atoms with E-state index < -0.39 is 12.4 Å². The zero-order valence-electron chi connectivity index (χ0n) is 11.7. The lowest BCUT2D eigenvalue weighted by Crippen LogP contribution is -2.37. The minimum atomic E-state index is -4.92. The number of hydrogen-bond donors (Lipinski definition) is 0. The molecule has 1 aliphatic heterocycles. The molecule has 6 heteroatoms. The number of halogens is 3. The zero-order valence-corrected chi connectivity index (χ0v) is 11.7. The molecular weight excluding hydrogens is 266 g/mol. The SMILES string of the molecule is CN1CCCCC1CCOc1ccc([B-](F)(F)F)cc1. The van der Waals surface area contributed by atoms with Crippen LogP contribution in [0.25, 0.3) is 0 Å². The quantitative estimate of drug-likeness (QED) is 0.772. The van der Waals surface area contributed by atoms with Crippen LogP contribution in [0.1, 0.15) is 25.7 Å². The molecule has 2 rings (SSSR count). The van der Waals surface area contributed by atoms with Crippen LogP contribution in [0.4, 0.5) is 12.9 Å². The molecule has 1 atom stereocenters. The first kappa shape index (κ1) is 15.2. The van der Waals surface area contributed by atoms with Crippen LogP contribution in [0, 0.1) is 0 Å². The Kier molecular flexibility index (Phi) is 4.97. The Morgan fingerprint density at radius 2 is 1.90 bits per heavy atom. The average Bonchev–Trinajstić information content (AvgIpc) is 2.40. The molecule has 20 heavy (non-hydrogen) atoms. The van der Waals surface area contributed by atoms with Crippen LogP contribution in [-0.4, -0.2) is 38.1 Å². The van der Waals surface area contributed by atoms with Crippen LogP contribution in [0.5, 0.6) is 5.75 Å². The molecule has 1 aromatic carbocycles. The highest BCUT2D eigenvalue weighted by Crippen LogP contribution is 2.19. The number of piperidine rings is 1. The maximum absolute atomic E-state index is 12.5. The summed E-state index contributed by atoms with van der Waals surface area (Å²) in [7, 11) is 2.12. The summed E-state index contributed by atoms with van der Waals surface area (Å²) in [6.45, 7) is -3.25. The van der Waals surface area contributed by atoms with Gasteiger partial charge in [0.15, 0.2) is 0 Å². The second-order valence-corrected chi connectivity index (χ2v) is 5.41. The molecule has 1 aromatic rings. The van der Waals surface area contributed by atoms with E-state index in [1.165, 1.54) is 31.4 Å². The van der Waals surface area contributed by atoms with Crippen molar-refractivity contribution in [2.75, 3.05) is 20.2 Å². The third kappa shape index (κ3) is 4.17. The van der Waals surface area contributed by atoms with Crippen LogP contribution in [0.2, 0.25) is 0 Å². The van der Waals surface area contributed by atoms with Gasteiger partial charge in [-0.3, -0.25) is 0 Å². The van der Waals surface area contributed by atoms with Gasteiger partial charge >= 0.3 is 6.98 Å². The molecule has 0 radical (unpaired) electrons. The fourth-order valence-corrected chi connectivity index (χ4v) is 2.60. The predicted octanol–water partition coefficient (Wildman–Crippen LogP) is 2.99. The molecule has 0 aliphatic carbocycles. The first-order valence-corrected chi connectivity index (χ1v) is 7.10. The smallest absolute Gasteiger partial charge is 0.494 e. The summed E-state index contributed by atoms with van der Waals surface area (Å²) in [5.74, 6) is 0.507. The van der Waals surface area contributed by atoms with Crippen LogP contribution >= 0.6 is 0 Å². The molecule has 1 saturated heterocycles. The topological polar surface area (TPSA) is 12.5 Å². The minimum Gasteiger partial charge on any atom is -0.494 e. The number of rotatable bonds is 5. The Bertz CT molecular complexity index is 421. The van der Waals surface area contributed by atoms with Crippen molar-refractivity contribution >= 4 is 12.4 Å². The second-order valence-electron chi connectivity index (χ2n) is 5.41. The summed E-state index contributed by atoms with van der Waals surface area (Å²) in [5.41, 5.74) is -0.579. The summed E-state index contributed by atoms with van der Waals surface area (Å²) in [6.07, 6.45) is 4.59. The Balaban J connectivity index is 1.79. The Labute approximate surface area is 118 Å². The van der Waals surface area contributed by atoms with Gasteiger partial charge in [-0.05, 0) is 45.0 Å². The van der Waals surface area contributed by atoms with Gasteiger partial charge in [0.05, 0.1) is 6.61 Å². The number of hydrogen-bond acceptors (Lipinski definition) is 2. The second kappa shape index (κ2) is 6.52. The number of benzene rings is 1. The number of nitrogens with zero attached hydrogens (tertiary/aromatic N) is 1. The van der Waals surface area contributed by atoms with Crippen molar-refractivity contribution in [1.82, 2.24) is 4.90 Å². The van der Waals surface area contributed by atoms with E-state index in [1.807, 2.05) is 0 Å². The maximum atomic E-state index is 12.5. The van der Waals surface area contributed by atoms with E-state index in [1.54, 1.807) is 0 Å². The summed E-state index contributed by atoms with van der Waals surface area (Å²) >= 11 is 0. The molecule has 1 unspecified atom stereocenters. The molecule has 0 spiro atoms. The lowest BCUT2D eigenvalue weighted by Gasteiger charge is -2.32. The molecule has 0 bridgehead atoms. The van der Waals surface area contributed by atoms with Gasteiger partial charge in [-0.15, -0.1) is 5.46 Å². The molecule has 1 fully saturated rings. The van der Waals surface area contributed by atoms with Crippen molar-refractivity contribution in [1.29, 1.82) is 0 Å². The summed E-state index contributed by atoms with van der Waals surface area (Å²) in [5, 5.41) is 0. The number of ether oxygens (including phenoxy) is 1. The number of likely N-dealkylation sites (tertiary alicyclic amines) is 1. The monoisotopic (exact) mass is 286 g/mol. The van der Waals surface area contributed by atoms with Crippen LogP contribution in [-0.2, 0) is 0 Å². The van der Waals surface area contributed by atoms with Gasteiger partial charge in [0.1, 0.15) is 5.75 Å². The first-order valence-electron chi connectivity index (χ1n) is 7.10. The zero-order chi connectivity index (χ0) is 14.6. The molecule has 0 N–H and O–H groups in total. The molecule has 0 aromatic heterocycles. The lowest BCUT2D eigenvalue weighted by atomic mass is 9.80. The van der Waals surface area contributed by atoms with Gasteiger partial charge in [0.2, 0.25) is 0 Å². The van der Waals surface area contributed by atoms with E-state index in [4.69, 9.17) is 4.74 Å². The summed E-state index contributed by atoms with van der Waals surface area (Å²) in [6, 6.07) is 5.50. The van der Waals surface area contributed by atoms with E-state index in [0.717, 1.165) is 25.1 Å². The highest BCUT2D eigenvalue weighted by atomic mass is 19.4. The van der Waals surface area contributed by atoms with Crippen LogP contribution in [0.3, 0.4) is 0 Å². The Morgan fingerprint density at radius 3 is 2.50 bits per heavy atom. The molecule has 2 nitrogen and oxygen atoms in total. The highest BCUT2D eigenvalue weighted by molar-refractivity contribution is 6.73. The van der Waals surface area contributed by atoms with Gasteiger partial charge < -0.3 is 22.6 Å². The van der Waals surface area contributed by atoms with Gasteiger partial charge in [0, 0.05) is 6.04 Å². The lowest BCUT2D eigenvalue weighted by molar-refractivity contribution is 0.153. The summed E-state index contributed by atoms with van der Waals surface area (Å²) in [4.78, 5) is 2.34. The third-order valence-corrected chi connectivity index (χ3v) is 3.90. The van der Waals surface area contributed by atoms with Gasteiger partial charge in [-0.2, -0.15) is 0 Å². The van der Waals surface area contributed by atoms with Crippen molar-refractivity contribution in [3.05, 3.63) is 24.3 Å². The molecule has 1 heterocycles. The van der Waals surface area contributed by atoms with Crippen molar-refractivity contribution in [2.45, 2.75) is 31.7 Å². The van der Waals surface area contributed by atoms with E-state index in [0.29, 0.717) is 18.4 Å². The molecule has 1 aliphatic rings. The van der Waals surface area contributed by atoms with Crippen molar-refractivity contribution in [3.8, 4) is 5.75 Å². The molecule has 0 saturated carbocycles. The molecular formula is C14H20BF3NO-. The minimum absolute atomic E-state index is 0.507. The van der Waals surface area contributed by atoms with E-state index in [9.17, 15) is 12.9 Å². The predicted molar refractivity (Wildman–Crippen MR) is 75.5 cm³/mol. The first-order chi connectivity index (χ1) is 9.47. The molecule has 112 valence electrons. The van der Waals surface area contributed by atoms with Gasteiger partial charge in [-0.1, -0.05) is 18.6 Å². The van der Waals surface area contributed by atoms with Crippen molar-refractivity contribution in [2.24, 2.45) is 0 Å². The maximum Gasteiger partial charge on any atom is 0.509 e. The van der Waals surface area contributed by atoms with Crippen molar-refractivity contribution < 1.29 is 17.7 Å². The van der Waals surface area contributed by atoms with E-state index in [2.05, 4.69) is 11.9 Å². The highest BCUT2D eigenvalue weighted by Gasteiger charge is 2.25. The normalized spacial score (nSPS) is 20.9. The Hall–Kier alpha value is -1.17. The molecule has 0 amide bonds. The summed E-state index contributed by atoms with van der Waals surface area (Å²) < 4.78 is 43.0. The van der Waals surface area contributed by atoms with Crippen molar-refractivity contribution in [3.63, 3.8) is 0 Å². The van der Waals surface area contributed by atoms with E-state index >= 15 is 0 Å². The average molecular weight is 286 g/mol. The Morgan fingerprint density at radius 1 is 1.20 bits per heavy atom. The third-order valence-electron chi connectivity index (χ3n) is 3.90. The van der Waals surface area contributed by atoms with Crippen LogP contribution in [0.15, 0.2) is 24.3 Å². The van der Waals surface area contributed by atoms with E-state index in [-0.39, 0.29) is 0 Å². The fourth-order valence-electron chi connectivity index (χ4n) is 2.60.